The number of carbonyl (C=O) groups excluding carboxylic acids is 3. The van der Waals surface area contributed by atoms with Gasteiger partial charge in [-0.3, -0.25) is 4.79 Å². The molecule has 1 fully saturated rings. The molecular weight excluding hydrogens is 432 g/mol. The summed E-state index contributed by atoms with van der Waals surface area (Å²) >= 11 is 6.46. The van der Waals surface area contributed by atoms with E-state index in [0.29, 0.717) is 34.0 Å². The lowest BCUT2D eigenvalue weighted by Gasteiger charge is -2.17. The highest BCUT2D eigenvalue weighted by atomic mass is 35.5. The molecule has 174 valence electrons. The van der Waals surface area contributed by atoms with Crippen LogP contribution in [-0.2, 0) is 23.9 Å². The number of halogens is 1. The molecule has 1 amide bonds. The summed E-state index contributed by atoms with van der Waals surface area (Å²) in [5.74, 6) is -1.17. The largest absolute Gasteiger partial charge is 0.464 e. The Hall–Kier alpha value is -2.54. The minimum Gasteiger partial charge on any atom is -0.464 e. The van der Waals surface area contributed by atoms with Crippen molar-refractivity contribution in [3.63, 3.8) is 0 Å². The van der Waals surface area contributed by atoms with E-state index in [9.17, 15) is 14.4 Å². The van der Waals surface area contributed by atoms with Gasteiger partial charge in [-0.1, -0.05) is 43.4 Å². The molecule has 2 aromatic rings. The molecule has 1 aliphatic carbocycles. The number of ether oxygens (including phenoxy) is 2. The Balaban J connectivity index is 1.94. The van der Waals surface area contributed by atoms with Crippen molar-refractivity contribution in [1.82, 2.24) is 4.57 Å². The van der Waals surface area contributed by atoms with Crippen molar-refractivity contribution in [2.45, 2.75) is 64.8 Å². The second-order valence-corrected chi connectivity index (χ2v) is 8.51. The highest BCUT2D eigenvalue weighted by Crippen LogP contribution is 2.35. The van der Waals surface area contributed by atoms with Crippen LogP contribution in [0.2, 0.25) is 5.02 Å². The standard InChI is InChI=1S/C24H31ClN2O5/c1-3-31-23(29)22(24(30)32-4-2)27-15-18(21-17(25)12-9-13-19(21)27)26-20(28)14-16-10-7-5-6-8-11-16/h9,12-13,15-16,22H,3-8,10-11,14H2,1-2H3,(H,26,28). The molecule has 1 saturated carbocycles. The number of esters is 2. The maximum atomic E-state index is 12.9. The molecule has 0 saturated heterocycles. The van der Waals surface area contributed by atoms with Crippen LogP contribution >= 0.6 is 11.6 Å². The quantitative estimate of drug-likeness (QED) is 0.328. The van der Waals surface area contributed by atoms with Crippen molar-refractivity contribution in [2.24, 2.45) is 5.92 Å². The molecule has 0 aliphatic heterocycles. The zero-order valence-corrected chi connectivity index (χ0v) is 19.5. The Kier molecular flexibility index (Phi) is 8.56. The molecule has 3 rings (SSSR count). The summed E-state index contributed by atoms with van der Waals surface area (Å²) in [6.07, 6.45) is 8.89. The third-order valence-electron chi connectivity index (χ3n) is 5.83. The zero-order valence-electron chi connectivity index (χ0n) is 18.7. The van der Waals surface area contributed by atoms with Gasteiger partial charge in [0.2, 0.25) is 11.9 Å². The molecule has 1 heterocycles. The molecule has 1 aromatic heterocycles. The number of fused-ring (bicyclic) bond motifs is 1. The van der Waals surface area contributed by atoms with E-state index in [1.54, 1.807) is 38.2 Å². The third-order valence-corrected chi connectivity index (χ3v) is 6.14. The number of hydrogen-bond acceptors (Lipinski definition) is 5. The van der Waals surface area contributed by atoms with Gasteiger partial charge < -0.3 is 19.4 Å². The van der Waals surface area contributed by atoms with Crippen molar-refractivity contribution in [3.8, 4) is 0 Å². The van der Waals surface area contributed by atoms with Crippen molar-refractivity contribution in [3.05, 3.63) is 29.4 Å². The zero-order chi connectivity index (χ0) is 23.1. The number of nitrogens with one attached hydrogen (secondary N) is 1. The van der Waals surface area contributed by atoms with E-state index in [-0.39, 0.29) is 19.1 Å². The first-order valence-corrected chi connectivity index (χ1v) is 11.8. The van der Waals surface area contributed by atoms with Gasteiger partial charge >= 0.3 is 11.9 Å². The lowest BCUT2D eigenvalue weighted by Crippen LogP contribution is -2.30. The minimum absolute atomic E-state index is 0.0975. The molecule has 1 aromatic carbocycles. The van der Waals surface area contributed by atoms with Crippen LogP contribution in [0.1, 0.15) is 64.8 Å². The van der Waals surface area contributed by atoms with E-state index < -0.39 is 18.0 Å². The molecule has 0 unspecified atom stereocenters. The fourth-order valence-electron chi connectivity index (χ4n) is 4.37. The van der Waals surface area contributed by atoms with Gasteiger partial charge in [-0.25, -0.2) is 9.59 Å². The summed E-state index contributed by atoms with van der Waals surface area (Å²) in [5.41, 5.74) is 0.996. The van der Waals surface area contributed by atoms with Crippen LogP contribution < -0.4 is 5.32 Å². The first kappa shape index (κ1) is 24.1. The molecule has 0 bridgehead atoms. The Morgan fingerprint density at radius 3 is 2.28 bits per heavy atom. The molecule has 0 atom stereocenters. The summed E-state index contributed by atoms with van der Waals surface area (Å²) in [7, 11) is 0. The predicted octanol–water partition coefficient (Wildman–Crippen LogP) is 5.26. The van der Waals surface area contributed by atoms with Crippen LogP contribution in [0.25, 0.3) is 10.9 Å². The van der Waals surface area contributed by atoms with Crippen LogP contribution in [0.3, 0.4) is 0 Å². The highest BCUT2D eigenvalue weighted by molar-refractivity contribution is 6.37. The van der Waals surface area contributed by atoms with E-state index in [2.05, 4.69) is 5.32 Å². The Morgan fingerprint density at radius 2 is 1.69 bits per heavy atom. The summed E-state index contributed by atoms with van der Waals surface area (Å²) in [4.78, 5) is 38.2. The monoisotopic (exact) mass is 462 g/mol. The maximum absolute atomic E-state index is 12.9. The van der Waals surface area contributed by atoms with Crippen molar-refractivity contribution < 1.29 is 23.9 Å². The molecule has 7 nitrogen and oxygen atoms in total. The molecule has 32 heavy (non-hydrogen) atoms. The van der Waals surface area contributed by atoms with Gasteiger partial charge in [0.25, 0.3) is 0 Å². The number of carbonyl (C=O) groups is 3. The lowest BCUT2D eigenvalue weighted by molar-refractivity contribution is -0.160. The van der Waals surface area contributed by atoms with Crippen molar-refractivity contribution in [2.75, 3.05) is 18.5 Å². The highest BCUT2D eigenvalue weighted by Gasteiger charge is 2.33. The van der Waals surface area contributed by atoms with Gasteiger partial charge in [0.05, 0.1) is 29.4 Å². The topological polar surface area (TPSA) is 86.6 Å². The predicted molar refractivity (Wildman–Crippen MR) is 124 cm³/mol. The average Bonchev–Trinajstić information content (AvgIpc) is 2.92. The molecule has 0 radical (unpaired) electrons. The number of hydrogen-bond donors (Lipinski definition) is 1. The Bertz CT molecular complexity index is 945. The number of benzene rings is 1. The Labute approximate surface area is 193 Å². The first-order chi connectivity index (χ1) is 15.5. The molecule has 8 heteroatoms. The second kappa shape index (κ2) is 11.4. The number of nitrogens with zero attached hydrogens (tertiary/aromatic N) is 1. The van der Waals surface area contributed by atoms with Crippen LogP contribution in [-0.4, -0.2) is 35.6 Å². The summed E-state index contributed by atoms with van der Waals surface area (Å²) < 4.78 is 11.7. The molecule has 0 spiro atoms. The third kappa shape index (κ3) is 5.63. The maximum Gasteiger partial charge on any atom is 0.340 e. The van der Waals surface area contributed by atoms with Gasteiger partial charge in [-0.15, -0.1) is 0 Å². The van der Waals surface area contributed by atoms with E-state index in [4.69, 9.17) is 21.1 Å². The lowest BCUT2D eigenvalue weighted by atomic mass is 9.96. The average molecular weight is 463 g/mol. The van der Waals surface area contributed by atoms with Gasteiger partial charge in [-0.2, -0.15) is 0 Å². The van der Waals surface area contributed by atoms with Gasteiger partial charge in [0, 0.05) is 18.0 Å². The first-order valence-electron chi connectivity index (χ1n) is 11.4. The Morgan fingerprint density at radius 1 is 1.06 bits per heavy atom. The minimum atomic E-state index is -1.33. The number of aromatic nitrogens is 1. The number of amides is 1. The summed E-state index contributed by atoms with van der Waals surface area (Å²) in [6, 6.07) is 3.85. The normalized spacial score (nSPS) is 14.9. The van der Waals surface area contributed by atoms with Gasteiger partial charge in [-0.05, 0) is 44.7 Å². The summed E-state index contributed by atoms with van der Waals surface area (Å²) in [6.45, 7) is 3.59. The van der Waals surface area contributed by atoms with E-state index in [1.807, 2.05) is 0 Å². The van der Waals surface area contributed by atoms with Crippen LogP contribution in [0.5, 0.6) is 0 Å². The van der Waals surface area contributed by atoms with Crippen molar-refractivity contribution >= 4 is 46.0 Å². The second-order valence-electron chi connectivity index (χ2n) is 8.10. The van der Waals surface area contributed by atoms with Gasteiger partial charge in [0.1, 0.15) is 0 Å². The van der Waals surface area contributed by atoms with Crippen molar-refractivity contribution in [1.29, 1.82) is 0 Å². The van der Waals surface area contributed by atoms with Crippen LogP contribution in [0.4, 0.5) is 5.69 Å². The SMILES string of the molecule is CCOC(=O)C(C(=O)OCC)n1cc(NC(=O)CC2CCCCCC2)c2c(Cl)cccc21. The van der Waals surface area contributed by atoms with E-state index in [0.717, 1.165) is 25.7 Å². The van der Waals surface area contributed by atoms with E-state index in [1.165, 1.54) is 17.4 Å². The fourth-order valence-corrected chi connectivity index (χ4v) is 4.64. The molecule has 1 N–H and O–H groups in total. The summed E-state index contributed by atoms with van der Waals surface area (Å²) in [5, 5.41) is 3.95. The molecule has 1 aliphatic rings. The fraction of sp³-hybridized carbons (Fsp3) is 0.542. The smallest absolute Gasteiger partial charge is 0.340 e. The van der Waals surface area contributed by atoms with E-state index >= 15 is 0 Å². The number of rotatable bonds is 8. The van der Waals surface area contributed by atoms with Crippen LogP contribution in [0, 0.1) is 5.92 Å². The van der Waals surface area contributed by atoms with Crippen LogP contribution in [0.15, 0.2) is 24.4 Å². The molecular formula is C24H31ClN2O5. The number of anilines is 1. The van der Waals surface area contributed by atoms with Gasteiger partial charge in [0.15, 0.2) is 0 Å².